The molecule has 1 fully saturated rings. The van der Waals surface area contributed by atoms with Crippen LogP contribution >= 0.6 is 0 Å². The zero-order valence-corrected chi connectivity index (χ0v) is 10.7. The molecule has 6 nitrogen and oxygen atoms in total. The molecule has 2 N–H and O–H groups in total. The maximum absolute atomic E-state index is 12.3. The maximum Gasteiger partial charge on any atom is 0.246 e. The summed E-state index contributed by atoms with van der Waals surface area (Å²) in [6.07, 6.45) is 4.87. The van der Waals surface area contributed by atoms with E-state index in [0.29, 0.717) is 19.6 Å². The van der Waals surface area contributed by atoms with E-state index in [0.717, 1.165) is 12.8 Å². The van der Waals surface area contributed by atoms with E-state index in [-0.39, 0.29) is 10.9 Å². The summed E-state index contributed by atoms with van der Waals surface area (Å²) >= 11 is 0. The number of hydrogen-bond donors (Lipinski definition) is 1. The molecule has 0 aromatic carbocycles. The van der Waals surface area contributed by atoms with E-state index in [2.05, 4.69) is 5.10 Å². The lowest BCUT2D eigenvalue weighted by Crippen LogP contribution is -2.32. The Bertz CT molecular complexity index is 478. The van der Waals surface area contributed by atoms with E-state index in [1.54, 1.807) is 15.2 Å². The van der Waals surface area contributed by atoms with Crippen molar-refractivity contribution in [2.24, 2.45) is 5.73 Å². The first-order chi connectivity index (χ1) is 8.09. The molecule has 17 heavy (non-hydrogen) atoms. The Balaban J connectivity index is 2.23. The van der Waals surface area contributed by atoms with Crippen molar-refractivity contribution in [1.82, 2.24) is 14.1 Å². The van der Waals surface area contributed by atoms with Crippen LogP contribution in [0.4, 0.5) is 0 Å². The van der Waals surface area contributed by atoms with Gasteiger partial charge in [0.2, 0.25) is 10.0 Å². The molecule has 1 aliphatic carbocycles. The lowest BCUT2D eigenvalue weighted by atomic mass is 10.6. The van der Waals surface area contributed by atoms with Gasteiger partial charge in [-0.2, -0.15) is 9.40 Å². The van der Waals surface area contributed by atoms with Gasteiger partial charge in [0.1, 0.15) is 4.90 Å². The summed E-state index contributed by atoms with van der Waals surface area (Å²) in [5.74, 6) is 0. The second-order valence-corrected chi connectivity index (χ2v) is 6.06. The minimum atomic E-state index is -3.38. The molecular weight excluding hydrogens is 240 g/mol. The zero-order valence-electron chi connectivity index (χ0n) is 9.91. The lowest BCUT2D eigenvalue weighted by Gasteiger charge is -2.18. The number of aromatic nitrogens is 2. The van der Waals surface area contributed by atoms with E-state index in [9.17, 15) is 8.42 Å². The molecule has 1 aromatic rings. The van der Waals surface area contributed by atoms with Gasteiger partial charge in [0.25, 0.3) is 0 Å². The minimum absolute atomic E-state index is 0.183. The van der Waals surface area contributed by atoms with E-state index in [1.165, 1.54) is 6.20 Å². The van der Waals surface area contributed by atoms with Gasteiger partial charge in [-0.05, 0) is 12.8 Å². The molecule has 0 atom stereocenters. The van der Waals surface area contributed by atoms with Crippen molar-refractivity contribution in [3.05, 3.63) is 12.4 Å². The van der Waals surface area contributed by atoms with E-state index < -0.39 is 10.0 Å². The average Bonchev–Trinajstić information content (AvgIpc) is 2.97. The molecule has 0 bridgehead atoms. The van der Waals surface area contributed by atoms with Crippen LogP contribution in [0.25, 0.3) is 0 Å². The third-order valence-corrected chi connectivity index (χ3v) is 4.82. The van der Waals surface area contributed by atoms with Gasteiger partial charge in [0.15, 0.2) is 0 Å². The summed E-state index contributed by atoms with van der Waals surface area (Å²) in [7, 11) is -3.38. The first-order valence-corrected chi connectivity index (χ1v) is 7.28. The normalized spacial score (nSPS) is 16.6. The van der Waals surface area contributed by atoms with Crippen LogP contribution in [0.3, 0.4) is 0 Å². The van der Waals surface area contributed by atoms with E-state index in [1.807, 2.05) is 6.92 Å². The predicted molar refractivity (Wildman–Crippen MR) is 63.9 cm³/mol. The molecule has 0 radical (unpaired) electrons. The number of nitrogens with two attached hydrogens (primary N) is 1. The first-order valence-electron chi connectivity index (χ1n) is 5.84. The molecule has 1 heterocycles. The molecule has 1 saturated carbocycles. The lowest BCUT2D eigenvalue weighted by molar-refractivity contribution is 0.421. The molecule has 0 amide bonds. The molecule has 1 aliphatic rings. The molecule has 0 saturated heterocycles. The van der Waals surface area contributed by atoms with Crippen LogP contribution in [-0.2, 0) is 16.6 Å². The van der Waals surface area contributed by atoms with Crippen molar-refractivity contribution in [3.8, 4) is 0 Å². The molecule has 96 valence electrons. The van der Waals surface area contributed by atoms with Crippen molar-refractivity contribution in [2.45, 2.75) is 37.2 Å². The fourth-order valence-corrected chi connectivity index (χ4v) is 3.50. The highest BCUT2D eigenvalue weighted by Gasteiger charge is 2.37. The van der Waals surface area contributed by atoms with Crippen molar-refractivity contribution < 1.29 is 8.42 Å². The fourth-order valence-electron chi connectivity index (χ4n) is 1.85. The summed E-state index contributed by atoms with van der Waals surface area (Å²) < 4.78 is 27.7. The zero-order chi connectivity index (χ0) is 12.5. The number of hydrogen-bond acceptors (Lipinski definition) is 4. The molecule has 0 aliphatic heterocycles. The van der Waals surface area contributed by atoms with Crippen molar-refractivity contribution >= 4 is 10.0 Å². The summed E-state index contributed by atoms with van der Waals surface area (Å²) in [5, 5.41) is 4.00. The Morgan fingerprint density at radius 1 is 1.59 bits per heavy atom. The maximum atomic E-state index is 12.3. The van der Waals surface area contributed by atoms with Crippen LogP contribution in [0.5, 0.6) is 0 Å². The Morgan fingerprint density at radius 2 is 2.29 bits per heavy atom. The van der Waals surface area contributed by atoms with Gasteiger partial charge in [0.05, 0.1) is 12.7 Å². The Hall–Kier alpha value is -0.920. The molecule has 7 heteroatoms. The molecule has 0 spiro atoms. The van der Waals surface area contributed by atoms with Gasteiger partial charge in [-0.3, -0.25) is 4.68 Å². The van der Waals surface area contributed by atoms with Crippen molar-refractivity contribution in [2.75, 3.05) is 13.1 Å². The topological polar surface area (TPSA) is 81.2 Å². The average molecular weight is 258 g/mol. The van der Waals surface area contributed by atoms with Gasteiger partial charge in [-0.1, -0.05) is 6.92 Å². The second kappa shape index (κ2) is 4.75. The highest BCUT2D eigenvalue weighted by atomic mass is 32.2. The summed E-state index contributed by atoms with van der Waals surface area (Å²) in [5.41, 5.74) is 5.40. The van der Waals surface area contributed by atoms with Gasteiger partial charge < -0.3 is 5.73 Å². The summed E-state index contributed by atoms with van der Waals surface area (Å²) in [4.78, 5) is 0.264. The molecule has 1 aromatic heterocycles. The van der Waals surface area contributed by atoms with Crippen LogP contribution in [0, 0.1) is 0 Å². The smallest absolute Gasteiger partial charge is 0.246 e. The van der Waals surface area contributed by atoms with Crippen LogP contribution in [0.2, 0.25) is 0 Å². The predicted octanol–water partition coefficient (Wildman–Crippen LogP) is 0.0148. The van der Waals surface area contributed by atoms with Crippen LogP contribution in [0.15, 0.2) is 17.3 Å². The van der Waals surface area contributed by atoms with Gasteiger partial charge in [-0.25, -0.2) is 8.42 Å². The number of nitrogens with zero attached hydrogens (tertiary/aromatic N) is 3. The number of rotatable bonds is 6. The SMILES string of the molecule is CCN(C1CC1)S(=O)(=O)c1cnn(CCN)c1. The Morgan fingerprint density at radius 3 is 2.82 bits per heavy atom. The van der Waals surface area contributed by atoms with Crippen molar-refractivity contribution in [3.63, 3.8) is 0 Å². The first kappa shape index (κ1) is 12.5. The highest BCUT2D eigenvalue weighted by Crippen LogP contribution is 2.31. The van der Waals surface area contributed by atoms with Gasteiger partial charge in [0, 0.05) is 25.3 Å². The minimum Gasteiger partial charge on any atom is -0.329 e. The Kier molecular flexibility index (Phi) is 3.50. The third-order valence-electron chi connectivity index (χ3n) is 2.84. The van der Waals surface area contributed by atoms with E-state index in [4.69, 9.17) is 5.73 Å². The van der Waals surface area contributed by atoms with E-state index >= 15 is 0 Å². The quantitative estimate of drug-likeness (QED) is 0.779. The number of sulfonamides is 1. The molecular formula is C10H18N4O2S. The second-order valence-electron chi connectivity index (χ2n) is 4.17. The van der Waals surface area contributed by atoms with Crippen LogP contribution < -0.4 is 5.73 Å². The third kappa shape index (κ3) is 2.51. The Labute approximate surface area is 101 Å². The molecule has 2 rings (SSSR count). The van der Waals surface area contributed by atoms with Crippen molar-refractivity contribution in [1.29, 1.82) is 0 Å². The molecule has 0 unspecified atom stereocenters. The fraction of sp³-hybridized carbons (Fsp3) is 0.700. The summed E-state index contributed by atoms with van der Waals surface area (Å²) in [6, 6.07) is 0.183. The largest absolute Gasteiger partial charge is 0.329 e. The van der Waals surface area contributed by atoms with Crippen LogP contribution in [0.1, 0.15) is 19.8 Å². The summed E-state index contributed by atoms with van der Waals surface area (Å²) in [6.45, 7) is 3.35. The van der Waals surface area contributed by atoms with Crippen LogP contribution in [-0.4, -0.2) is 41.6 Å². The standard InChI is InChI=1S/C10H18N4O2S/c1-2-14(9-3-4-9)17(15,16)10-7-12-13(8-10)6-5-11/h7-9H,2-6,11H2,1H3. The van der Waals surface area contributed by atoms with Gasteiger partial charge >= 0.3 is 0 Å². The monoisotopic (exact) mass is 258 g/mol. The highest BCUT2D eigenvalue weighted by molar-refractivity contribution is 7.89. The van der Waals surface area contributed by atoms with Gasteiger partial charge in [-0.15, -0.1) is 0 Å².